The molecule has 1 amide bonds. The summed E-state index contributed by atoms with van der Waals surface area (Å²) in [4.78, 5) is 23.8. The second-order valence-electron chi connectivity index (χ2n) is 6.50. The molecule has 0 aliphatic heterocycles. The number of nitrogens with zero attached hydrogens (tertiary/aromatic N) is 1. The fourth-order valence-corrected chi connectivity index (χ4v) is 4.24. The highest BCUT2D eigenvalue weighted by Gasteiger charge is 2.29. The standard InChI is InChI=1S/C18H25FN2O5S/c1-4-21(5-2)27(24,25)14-8-9-16(19)15(10-14)18(23)26-11-17(22)20-12(3)13-6-7-13/h8-10,12-13H,4-7,11H2,1-3H3,(H,20,22)/t12-/m0/s1. The molecule has 1 aromatic rings. The molecule has 2 rings (SSSR count). The second-order valence-corrected chi connectivity index (χ2v) is 8.44. The van der Waals surface area contributed by atoms with Gasteiger partial charge in [-0.05, 0) is 43.9 Å². The predicted molar refractivity (Wildman–Crippen MR) is 97.1 cm³/mol. The van der Waals surface area contributed by atoms with Crippen LogP contribution in [-0.2, 0) is 19.6 Å². The van der Waals surface area contributed by atoms with E-state index in [1.807, 2.05) is 6.92 Å². The van der Waals surface area contributed by atoms with Crippen LogP contribution in [0.4, 0.5) is 4.39 Å². The smallest absolute Gasteiger partial charge is 0.341 e. The number of hydrogen-bond donors (Lipinski definition) is 1. The molecule has 0 saturated heterocycles. The van der Waals surface area contributed by atoms with Crippen molar-refractivity contribution in [1.82, 2.24) is 9.62 Å². The molecule has 0 unspecified atom stereocenters. The molecule has 7 nitrogen and oxygen atoms in total. The molecule has 1 aromatic carbocycles. The third kappa shape index (κ3) is 5.26. The van der Waals surface area contributed by atoms with Gasteiger partial charge in [-0.25, -0.2) is 17.6 Å². The second kappa shape index (κ2) is 8.79. The van der Waals surface area contributed by atoms with E-state index < -0.39 is 39.9 Å². The van der Waals surface area contributed by atoms with Crippen LogP contribution in [0.15, 0.2) is 23.1 Å². The molecule has 9 heteroatoms. The van der Waals surface area contributed by atoms with Crippen LogP contribution in [0, 0.1) is 11.7 Å². The van der Waals surface area contributed by atoms with Gasteiger partial charge >= 0.3 is 5.97 Å². The lowest BCUT2D eigenvalue weighted by atomic mass is 10.2. The average molecular weight is 400 g/mol. The minimum absolute atomic E-state index is 0.00419. The lowest BCUT2D eigenvalue weighted by Crippen LogP contribution is -2.37. The Hall–Kier alpha value is -2.00. The highest BCUT2D eigenvalue weighted by molar-refractivity contribution is 7.89. The van der Waals surface area contributed by atoms with Gasteiger partial charge in [-0.2, -0.15) is 4.31 Å². The molecule has 1 N–H and O–H groups in total. The van der Waals surface area contributed by atoms with Gasteiger partial charge in [0.25, 0.3) is 5.91 Å². The summed E-state index contributed by atoms with van der Waals surface area (Å²) < 4.78 is 45.1. The van der Waals surface area contributed by atoms with Gasteiger partial charge in [0.2, 0.25) is 10.0 Å². The number of nitrogens with one attached hydrogen (secondary N) is 1. The highest BCUT2D eigenvalue weighted by atomic mass is 32.2. The number of esters is 1. The van der Waals surface area contributed by atoms with Gasteiger partial charge in [0.1, 0.15) is 5.82 Å². The quantitative estimate of drug-likeness (QED) is 0.640. The fraction of sp³-hybridized carbons (Fsp3) is 0.556. The van der Waals surface area contributed by atoms with Crippen LogP contribution < -0.4 is 5.32 Å². The van der Waals surface area contributed by atoms with Crippen LogP contribution in [0.3, 0.4) is 0 Å². The van der Waals surface area contributed by atoms with Crippen molar-refractivity contribution in [3.05, 3.63) is 29.6 Å². The Morgan fingerprint density at radius 3 is 2.48 bits per heavy atom. The zero-order valence-corrected chi connectivity index (χ0v) is 16.5. The number of amides is 1. The molecular formula is C18H25FN2O5S. The van der Waals surface area contributed by atoms with Gasteiger partial charge < -0.3 is 10.1 Å². The Bertz CT molecular complexity index is 804. The first kappa shape index (κ1) is 21.3. The lowest BCUT2D eigenvalue weighted by Gasteiger charge is -2.18. The number of ether oxygens (including phenoxy) is 1. The summed E-state index contributed by atoms with van der Waals surface area (Å²) in [6.45, 7) is 5.17. The molecule has 0 spiro atoms. The van der Waals surface area contributed by atoms with E-state index in [4.69, 9.17) is 4.74 Å². The van der Waals surface area contributed by atoms with Crippen LogP contribution in [0.5, 0.6) is 0 Å². The van der Waals surface area contributed by atoms with E-state index in [2.05, 4.69) is 5.32 Å². The largest absolute Gasteiger partial charge is 0.452 e. The SMILES string of the molecule is CCN(CC)S(=O)(=O)c1ccc(F)c(C(=O)OCC(=O)N[C@@H](C)C2CC2)c1. The monoisotopic (exact) mass is 400 g/mol. The van der Waals surface area contributed by atoms with Crippen LogP contribution >= 0.6 is 0 Å². The zero-order chi connectivity index (χ0) is 20.2. The Kier molecular flexibility index (Phi) is 6.94. The first-order chi connectivity index (χ1) is 12.7. The number of sulfonamides is 1. The van der Waals surface area contributed by atoms with Crippen molar-refractivity contribution in [2.75, 3.05) is 19.7 Å². The van der Waals surface area contributed by atoms with E-state index in [0.29, 0.717) is 5.92 Å². The van der Waals surface area contributed by atoms with E-state index in [1.165, 1.54) is 4.31 Å². The maximum Gasteiger partial charge on any atom is 0.341 e. The predicted octanol–water partition coefficient (Wildman–Crippen LogP) is 1.93. The van der Waals surface area contributed by atoms with Gasteiger partial charge in [-0.15, -0.1) is 0 Å². The molecule has 0 radical (unpaired) electrons. The van der Waals surface area contributed by atoms with E-state index >= 15 is 0 Å². The molecule has 1 aliphatic carbocycles. The third-order valence-electron chi connectivity index (χ3n) is 4.55. The van der Waals surface area contributed by atoms with E-state index in [9.17, 15) is 22.4 Å². The first-order valence-corrected chi connectivity index (χ1v) is 10.4. The molecule has 0 bridgehead atoms. The summed E-state index contributed by atoms with van der Waals surface area (Å²) in [5, 5.41) is 2.72. The lowest BCUT2D eigenvalue weighted by molar-refractivity contribution is -0.125. The first-order valence-electron chi connectivity index (χ1n) is 8.96. The summed E-state index contributed by atoms with van der Waals surface area (Å²) in [6.07, 6.45) is 2.11. The van der Waals surface area contributed by atoms with E-state index in [1.54, 1.807) is 13.8 Å². The van der Waals surface area contributed by atoms with E-state index in [-0.39, 0.29) is 24.0 Å². The summed E-state index contributed by atoms with van der Waals surface area (Å²) in [7, 11) is -3.84. The van der Waals surface area contributed by atoms with Gasteiger partial charge in [-0.3, -0.25) is 4.79 Å². The zero-order valence-electron chi connectivity index (χ0n) is 15.7. The highest BCUT2D eigenvalue weighted by Crippen LogP contribution is 2.32. The third-order valence-corrected chi connectivity index (χ3v) is 6.60. The molecule has 0 heterocycles. The Labute approximate surface area is 158 Å². The van der Waals surface area contributed by atoms with Crippen molar-refractivity contribution >= 4 is 21.9 Å². The van der Waals surface area contributed by atoms with Crippen molar-refractivity contribution in [2.24, 2.45) is 5.92 Å². The Morgan fingerprint density at radius 2 is 1.93 bits per heavy atom. The molecule has 0 aromatic heterocycles. The van der Waals surface area contributed by atoms with Crippen molar-refractivity contribution in [3.8, 4) is 0 Å². The molecule has 1 saturated carbocycles. The number of benzene rings is 1. The number of carbonyl (C=O) groups excluding carboxylic acids is 2. The molecule has 150 valence electrons. The maximum absolute atomic E-state index is 14.0. The van der Waals surface area contributed by atoms with Crippen molar-refractivity contribution in [3.63, 3.8) is 0 Å². The molecule has 1 aliphatic rings. The molecular weight excluding hydrogens is 375 g/mol. The summed E-state index contributed by atoms with van der Waals surface area (Å²) in [5.74, 6) is -2.03. The minimum Gasteiger partial charge on any atom is -0.452 e. The minimum atomic E-state index is -3.84. The van der Waals surface area contributed by atoms with Crippen LogP contribution in [0.25, 0.3) is 0 Å². The number of hydrogen-bond acceptors (Lipinski definition) is 5. The van der Waals surface area contributed by atoms with Crippen molar-refractivity contribution in [2.45, 2.75) is 44.6 Å². The van der Waals surface area contributed by atoms with Crippen molar-refractivity contribution in [1.29, 1.82) is 0 Å². The van der Waals surface area contributed by atoms with Crippen LogP contribution in [0.2, 0.25) is 0 Å². The Morgan fingerprint density at radius 1 is 1.30 bits per heavy atom. The van der Waals surface area contributed by atoms with Gasteiger partial charge in [-0.1, -0.05) is 13.8 Å². The summed E-state index contributed by atoms with van der Waals surface area (Å²) >= 11 is 0. The Balaban J connectivity index is 2.08. The van der Waals surface area contributed by atoms with Crippen LogP contribution in [-0.4, -0.2) is 50.3 Å². The van der Waals surface area contributed by atoms with Gasteiger partial charge in [0.05, 0.1) is 10.5 Å². The van der Waals surface area contributed by atoms with Gasteiger partial charge in [0.15, 0.2) is 6.61 Å². The summed E-state index contributed by atoms with van der Waals surface area (Å²) in [6, 6.07) is 2.94. The average Bonchev–Trinajstić information content (AvgIpc) is 3.45. The molecule has 1 fully saturated rings. The molecule has 1 atom stereocenters. The number of rotatable bonds is 9. The topological polar surface area (TPSA) is 92.8 Å². The van der Waals surface area contributed by atoms with E-state index in [0.717, 1.165) is 31.0 Å². The number of carbonyl (C=O) groups is 2. The van der Waals surface area contributed by atoms with Crippen LogP contribution in [0.1, 0.15) is 44.0 Å². The maximum atomic E-state index is 14.0. The van der Waals surface area contributed by atoms with Crippen molar-refractivity contribution < 1.29 is 27.1 Å². The number of halogens is 1. The summed E-state index contributed by atoms with van der Waals surface area (Å²) in [5.41, 5.74) is -0.522. The molecule has 27 heavy (non-hydrogen) atoms. The fourth-order valence-electron chi connectivity index (χ4n) is 2.75. The van der Waals surface area contributed by atoms with Gasteiger partial charge in [0, 0.05) is 19.1 Å². The normalized spacial score (nSPS) is 15.4.